The van der Waals surface area contributed by atoms with Gasteiger partial charge in [-0.25, -0.2) is 4.98 Å². The van der Waals surface area contributed by atoms with Gasteiger partial charge in [0.1, 0.15) is 5.75 Å². The van der Waals surface area contributed by atoms with Crippen LogP contribution in [0.3, 0.4) is 0 Å². The van der Waals surface area contributed by atoms with Crippen molar-refractivity contribution in [2.24, 2.45) is 0 Å². The molecule has 0 bridgehead atoms. The largest absolute Gasteiger partial charge is 0.497 e. The third kappa shape index (κ3) is 5.27. The normalized spacial score (nSPS) is 20.7. The number of ether oxygens (including phenoxy) is 2. The van der Waals surface area contributed by atoms with Crippen LogP contribution < -0.4 is 10.1 Å². The van der Waals surface area contributed by atoms with Crippen molar-refractivity contribution in [3.63, 3.8) is 0 Å². The Labute approximate surface area is 158 Å². The lowest BCUT2D eigenvalue weighted by Gasteiger charge is -2.34. The number of morpholine rings is 1. The maximum absolute atomic E-state index is 12.3. The molecule has 1 fully saturated rings. The first-order chi connectivity index (χ1) is 12.5. The average Bonchev–Trinajstić information content (AvgIpc) is 3.00. The summed E-state index contributed by atoms with van der Waals surface area (Å²) in [5.74, 6) is 0.675. The Morgan fingerprint density at radius 1 is 1.38 bits per heavy atom. The number of hydrogen-bond acceptors (Lipinski definition) is 6. The molecule has 140 valence electrons. The third-order valence-electron chi connectivity index (χ3n) is 4.18. The molecule has 7 heteroatoms. The number of aromatic nitrogens is 1. The minimum atomic E-state index is -0.0761. The number of benzene rings is 1. The summed E-state index contributed by atoms with van der Waals surface area (Å²) in [6.07, 6.45) is 0.767. The van der Waals surface area contributed by atoms with Gasteiger partial charge >= 0.3 is 0 Å². The van der Waals surface area contributed by atoms with Gasteiger partial charge in [0, 0.05) is 25.0 Å². The molecule has 2 unspecified atom stereocenters. The van der Waals surface area contributed by atoms with Crippen LogP contribution in [0.2, 0.25) is 0 Å². The van der Waals surface area contributed by atoms with E-state index in [9.17, 15) is 4.79 Å². The summed E-state index contributed by atoms with van der Waals surface area (Å²) in [5.41, 5.74) is 1.89. The Hall–Kier alpha value is -1.96. The van der Waals surface area contributed by atoms with Crippen LogP contribution in [-0.4, -0.2) is 48.2 Å². The highest BCUT2D eigenvalue weighted by Gasteiger charge is 2.22. The number of methoxy groups -OCH3 is 1. The van der Waals surface area contributed by atoms with Gasteiger partial charge in [-0.05, 0) is 31.5 Å². The number of nitrogens with zero attached hydrogens (tertiary/aromatic N) is 2. The zero-order valence-corrected chi connectivity index (χ0v) is 16.2. The fourth-order valence-electron chi connectivity index (χ4n) is 3.21. The summed E-state index contributed by atoms with van der Waals surface area (Å²) < 4.78 is 10.9. The van der Waals surface area contributed by atoms with Gasteiger partial charge in [-0.2, -0.15) is 0 Å². The number of hydrogen-bond donors (Lipinski definition) is 1. The van der Waals surface area contributed by atoms with Crippen molar-refractivity contribution in [3.05, 3.63) is 40.9 Å². The summed E-state index contributed by atoms with van der Waals surface area (Å²) in [5, 5.41) is 5.53. The number of nitrogens with one attached hydrogen (secondary N) is 1. The molecule has 6 nitrogen and oxygen atoms in total. The van der Waals surface area contributed by atoms with E-state index in [4.69, 9.17) is 9.47 Å². The molecule has 1 aromatic carbocycles. The van der Waals surface area contributed by atoms with E-state index < -0.39 is 0 Å². The Balaban J connectivity index is 1.53. The molecule has 3 rings (SSSR count). The summed E-state index contributed by atoms with van der Waals surface area (Å²) >= 11 is 1.46. The van der Waals surface area contributed by atoms with Crippen LogP contribution in [0.25, 0.3) is 0 Å². The van der Waals surface area contributed by atoms with E-state index in [0.717, 1.165) is 36.6 Å². The Bertz CT molecular complexity index is 739. The third-order valence-corrected chi connectivity index (χ3v) is 4.98. The predicted molar refractivity (Wildman–Crippen MR) is 103 cm³/mol. The molecule has 2 heterocycles. The van der Waals surface area contributed by atoms with Crippen LogP contribution in [-0.2, 0) is 22.5 Å². The van der Waals surface area contributed by atoms with Gasteiger partial charge < -0.3 is 14.8 Å². The summed E-state index contributed by atoms with van der Waals surface area (Å²) in [6.45, 7) is 6.76. The molecule has 0 radical (unpaired) electrons. The zero-order valence-electron chi connectivity index (χ0n) is 15.4. The number of carbonyl (C=O) groups excluding carboxylic acids is 1. The molecule has 26 heavy (non-hydrogen) atoms. The second-order valence-corrected chi connectivity index (χ2v) is 7.53. The molecule has 1 aliphatic rings. The fraction of sp³-hybridized carbons (Fsp3) is 0.474. The fourth-order valence-corrected chi connectivity index (χ4v) is 3.93. The van der Waals surface area contributed by atoms with Gasteiger partial charge in [0.25, 0.3) is 0 Å². The van der Waals surface area contributed by atoms with Gasteiger partial charge in [0.05, 0.1) is 31.4 Å². The quantitative estimate of drug-likeness (QED) is 0.841. The van der Waals surface area contributed by atoms with E-state index >= 15 is 0 Å². The number of rotatable bonds is 6. The van der Waals surface area contributed by atoms with Crippen molar-refractivity contribution >= 4 is 22.4 Å². The van der Waals surface area contributed by atoms with Crippen molar-refractivity contribution in [1.29, 1.82) is 0 Å². The van der Waals surface area contributed by atoms with E-state index in [1.54, 1.807) is 7.11 Å². The Morgan fingerprint density at radius 3 is 2.88 bits per heavy atom. The predicted octanol–water partition coefficient (Wildman–Crippen LogP) is 2.94. The number of thiazole rings is 1. The molecule has 2 atom stereocenters. The molecule has 0 spiro atoms. The first-order valence-electron chi connectivity index (χ1n) is 8.77. The highest BCUT2D eigenvalue weighted by Crippen LogP contribution is 2.20. The second-order valence-electron chi connectivity index (χ2n) is 6.67. The van der Waals surface area contributed by atoms with E-state index in [1.807, 2.05) is 29.6 Å². The molecular formula is C19H25N3O3S. The van der Waals surface area contributed by atoms with E-state index in [1.165, 1.54) is 11.3 Å². The van der Waals surface area contributed by atoms with Crippen molar-refractivity contribution in [3.8, 4) is 5.75 Å². The number of amides is 1. The second kappa shape index (κ2) is 8.62. The minimum absolute atomic E-state index is 0.0761. The average molecular weight is 375 g/mol. The lowest BCUT2D eigenvalue weighted by Crippen LogP contribution is -2.44. The van der Waals surface area contributed by atoms with Gasteiger partial charge in [-0.3, -0.25) is 9.69 Å². The first-order valence-corrected chi connectivity index (χ1v) is 9.65. The van der Waals surface area contributed by atoms with E-state index in [-0.39, 0.29) is 18.1 Å². The van der Waals surface area contributed by atoms with Gasteiger partial charge in [0.15, 0.2) is 5.13 Å². The van der Waals surface area contributed by atoms with E-state index in [0.29, 0.717) is 11.6 Å². The van der Waals surface area contributed by atoms with Crippen LogP contribution in [0.5, 0.6) is 5.75 Å². The molecule has 1 aliphatic heterocycles. The topological polar surface area (TPSA) is 63.7 Å². The molecule has 1 amide bonds. The monoisotopic (exact) mass is 375 g/mol. The number of anilines is 1. The van der Waals surface area contributed by atoms with E-state index in [2.05, 4.69) is 29.0 Å². The molecule has 1 aromatic heterocycles. The zero-order chi connectivity index (χ0) is 18.5. The van der Waals surface area contributed by atoms with Gasteiger partial charge in [-0.15, -0.1) is 11.3 Å². The SMILES string of the molecule is COc1cccc(CC(=O)Nc2nc(CN3CC(C)OC(C)C3)cs2)c1. The maximum atomic E-state index is 12.3. The molecular weight excluding hydrogens is 350 g/mol. The highest BCUT2D eigenvalue weighted by molar-refractivity contribution is 7.13. The van der Waals surface area contributed by atoms with Crippen LogP contribution in [0.15, 0.2) is 29.6 Å². The summed E-state index contributed by atoms with van der Waals surface area (Å²) in [7, 11) is 1.62. The van der Waals surface area contributed by atoms with Crippen molar-refractivity contribution < 1.29 is 14.3 Å². The standard InChI is InChI=1S/C19H25N3O3S/c1-13-9-22(10-14(2)25-13)11-16-12-26-19(20-16)21-18(23)8-15-5-4-6-17(7-15)24-3/h4-7,12-14H,8-11H2,1-3H3,(H,20,21,23). The van der Waals surface area contributed by atoms with Gasteiger partial charge in [-0.1, -0.05) is 12.1 Å². The van der Waals surface area contributed by atoms with Crippen molar-refractivity contribution in [2.45, 2.75) is 39.0 Å². The first kappa shape index (κ1) is 18.8. The highest BCUT2D eigenvalue weighted by atomic mass is 32.1. The molecule has 1 N–H and O–H groups in total. The maximum Gasteiger partial charge on any atom is 0.230 e. The Morgan fingerprint density at radius 2 is 2.15 bits per heavy atom. The van der Waals surface area contributed by atoms with Crippen LogP contribution in [0.4, 0.5) is 5.13 Å². The van der Waals surface area contributed by atoms with Crippen molar-refractivity contribution in [1.82, 2.24) is 9.88 Å². The van der Waals surface area contributed by atoms with Crippen LogP contribution in [0.1, 0.15) is 25.1 Å². The lowest BCUT2D eigenvalue weighted by atomic mass is 10.1. The molecule has 2 aromatic rings. The molecule has 0 aliphatic carbocycles. The smallest absolute Gasteiger partial charge is 0.230 e. The lowest BCUT2D eigenvalue weighted by molar-refractivity contribution is -0.115. The number of carbonyl (C=O) groups is 1. The summed E-state index contributed by atoms with van der Waals surface area (Å²) in [6, 6.07) is 7.53. The van der Waals surface area contributed by atoms with Crippen molar-refractivity contribution in [2.75, 3.05) is 25.5 Å². The minimum Gasteiger partial charge on any atom is -0.497 e. The van der Waals surface area contributed by atoms with Crippen LogP contribution in [0, 0.1) is 0 Å². The molecule has 1 saturated heterocycles. The summed E-state index contributed by atoms with van der Waals surface area (Å²) in [4.78, 5) is 19.1. The molecule has 0 saturated carbocycles. The van der Waals surface area contributed by atoms with Crippen LogP contribution >= 0.6 is 11.3 Å². The Kier molecular flexibility index (Phi) is 6.24. The van der Waals surface area contributed by atoms with Gasteiger partial charge in [0.2, 0.25) is 5.91 Å².